The van der Waals surface area contributed by atoms with Gasteiger partial charge < -0.3 is 9.47 Å². The number of rotatable bonds is 1. The molecule has 1 N–H and O–H groups in total. The van der Waals surface area contributed by atoms with Gasteiger partial charge in [-0.1, -0.05) is 0 Å². The molecule has 1 rings (SSSR count). The van der Waals surface area contributed by atoms with E-state index in [1.54, 1.807) is 6.92 Å². The molecule has 0 aromatic carbocycles. The van der Waals surface area contributed by atoms with E-state index in [9.17, 15) is 9.59 Å². The molecule has 1 aliphatic heterocycles. The highest BCUT2D eigenvalue weighted by Crippen LogP contribution is 2.19. The molecule has 1 aliphatic rings. The fraction of sp³-hybridized carbons (Fsp3) is 0.571. The van der Waals surface area contributed by atoms with Crippen LogP contribution in [-0.2, 0) is 19.1 Å². The Morgan fingerprint density at radius 2 is 2.25 bits per heavy atom. The summed E-state index contributed by atoms with van der Waals surface area (Å²) in [5, 5.41) is 7.20. The molecule has 0 bridgehead atoms. The van der Waals surface area contributed by atoms with E-state index in [2.05, 4.69) is 9.47 Å². The molecule has 1 heterocycles. The first kappa shape index (κ1) is 8.70. The van der Waals surface area contributed by atoms with Gasteiger partial charge in [-0.25, -0.2) is 4.79 Å². The fourth-order valence-electron chi connectivity index (χ4n) is 1.10. The van der Waals surface area contributed by atoms with E-state index in [1.165, 1.54) is 7.11 Å². The zero-order valence-electron chi connectivity index (χ0n) is 6.79. The molecule has 0 aromatic heterocycles. The maximum Gasteiger partial charge on any atom is 0.353 e. The van der Waals surface area contributed by atoms with E-state index in [4.69, 9.17) is 5.41 Å². The van der Waals surface area contributed by atoms with Crippen molar-refractivity contribution in [2.45, 2.75) is 13.0 Å². The summed E-state index contributed by atoms with van der Waals surface area (Å²) in [7, 11) is 1.21. The first-order chi connectivity index (χ1) is 5.57. The number of carbonyl (C=O) groups is 2. The summed E-state index contributed by atoms with van der Waals surface area (Å²) >= 11 is 0. The van der Waals surface area contributed by atoms with Crippen LogP contribution in [0, 0.1) is 11.3 Å². The topological polar surface area (TPSA) is 76.5 Å². The minimum Gasteiger partial charge on any atom is -0.468 e. The van der Waals surface area contributed by atoms with Crippen molar-refractivity contribution in [2.24, 2.45) is 5.92 Å². The van der Waals surface area contributed by atoms with Gasteiger partial charge in [0.1, 0.15) is 17.7 Å². The van der Waals surface area contributed by atoms with E-state index < -0.39 is 24.0 Å². The third kappa shape index (κ3) is 1.17. The van der Waals surface area contributed by atoms with E-state index >= 15 is 0 Å². The van der Waals surface area contributed by atoms with E-state index in [0.29, 0.717) is 0 Å². The largest absolute Gasteiger partial charge is 0.468 e. The molecule has 1 unspecified atom stereocenters. The molecule has 0 amide bonds. The second-order valence-electron chi connectivity index (χ2n) is 2.52. The number of hydrogen-bond acceptors (Lipinski definition) is 5. The van der Waals surface area contributed by atoms with E-state index in [0.717, 1.165) is 0 Å². The zero-order valence-corrected chi connectivity index (χ0v) is 6.79. The quantitative estimate of drug-likeness (QED) is 0.551. The smallest absolute Gasteiger partial charge is 0.353 e. The standard InChI is InChI=1S/C7H9NO4/c1-3-4(6(9)11-2)5(8)7(10)12-3/h3-4,8H,1-2H3/t3-,4?/m1/s1. The Balaban J connectivity index is 2.83. The number of nitrogens with one attached hydrogen (secondary N) is 1. The minimum atomic E-state index is -0.859. The first-order valence-electron chi connectivity index (χ1n) is 3.45. The van der Waals surface area contributed by atoms with Crippen LogP contribution in [0.1, 0.15) is 6.92 Å². The lowest BCUT2D eigenvalue weighted by molar-refractivity contribution is -0.146. The number of cyclic esters (lactones) is 1. The van der Waals surface area contributed by atoms with Gasteiger partial charge in [-0.2, -0.15) is 0 Å². The monoisotopic (exact) mass is 171 g/mol. The maximum atomic E-state index is 11.0. The van der Waals surface area contributed by atoms with Gasteiger partial charge in [0.25, 0.3) is 0 Å². The van der Waals surface area contributed by atoms with Crippen LogP contribution in [0.4, 0.5) is 0 Å². The Hall–Kier alpha value is -1.39. The van der Waals surface area contributed by atoms with Gasteiger partial charge in [-0.15, -0.1) is 0 Å². The normalized spacial score (nSPS) is 28.5. The van der Waals surface area contributed by atoms with Gasteiger partial charge in [-0.3, -0.25) is 10.2 Å². The summed E-state index contributed by atoms with van der Waals surface area (Å²) < 4.78 is 9.06. The lowest BCUT2D eigenvalue weighted by atomic mass is 10.0. The lowest BCUT2D eigenvalue weighted by Crippen LogP contribution is -2.28. The van der Waals surface area contributed by atoms with Gasteiger partial charge in [-0.05, 0) is 6.92 Å². The summed E-state index contributed by atoms with van der Waals surface area (Å²) in [6.07, 6.45) is -0.586. The third-order valence-electron chi connectivity index (χ3n) is 1.75. The molecule has 0 radical (unpaired) electrons. The summed E-state index contributed by atoms with van der Waals surface area (Å²) in [4.78, 5) is 21.7. The van der Waals surface area contributed by atoms with Crippen LogP contribution in [-0.4, -0.2) is 30.9 Å². The highest BCUT2D eigenvalue weighted by atomic mass is 16.6. The minimum absolute atomic E-state index is 0.325. The molecule has 66 valence electrons. The van der Waals surface area contributed by atoms with E-state index in [-0.39, 0.29) is 5.71 Å². The third-order valence-corrected chi connectivity index (χ3v) is 1.75. The molecule has 5 heteroatoms. The average Bonchev–Trinajstić information content (AvgIpc) is 2.26. The van der Waals surface area contributed by atoms with Crippen LogP contribution < -0.4 is 0 Å². The van der Waals surface area contributed by atoms with Gasteiger partial charge in [0.15, 0.2) is 0 Å². The first-order valence-corrected chi connectivity index (χ1v) is 3.45. The predicted octanol–water partition coefficient (Wildman–Crippen LogP) is -0.259. The summed E-state index contributed by atoms with van der Waals surface area (Å²) in [6, 6.07) is 0. The Labute approximate surface area is 69.2 Å². The van der Waals surface area contributed by atoms with Crippen molar-refractivity contribution < 1.29 is 19.1 Å². The molecule has 0 spiro atoms. The van der Waals surface area contributed by atoms with Crippen molar-refractivity contribution >= 4 is 17.7 Å². The van der Waals surface area contributed by atoms with Gasteiger partial charge in [0.2, 0.25) is 0 Å². The Morgan fingerprint density at radius 3 is 2.58 bits per heavy atom. The van der Waals surface area contributed by atoms with Crippen LogP contribution in [0.2, 0.25) is 0 Å². The molecule has 1 fully saturated rings. The highest BCUT2D eigenvalue weighted by Gasteiger charge is 2.43. The summed E-state index contributed by atoms with van der Waals surface area (Å²) in [5.41, 5.74) is -0.325. The number of methoxy groups -OCH3 is 1. The molecular weight excluding hydrogens is 162 g/mol. The molecule has 0 aliphatic carbocycles. The summed E-state index contributed by atoms with van der Waals surface area (Å²) in [6.45, 7) is 1.56. The van der Waals surface area contributed by atoms with Crippen molar-refractivity contribution in [3.05, 3.63) is 0 Å². The Kier molecular flexibility index (Phi) is 2.12. The van der Waals surface area contributed by atoms with Crippen LogP contribution in [0.5, 0.6) is 0 Å². The zero-order chi connectivity index (χ0) is 9.30. The molecular formula is C7H9NO4. The molecule has 0 aromatic rings. The second-order valence-corrected chi connectivity index (χ2v) is 2.52. The van der Waals surface area contributed by atoms with Crippen molar-refractivity contribution in [3.8, 4) is 0 Å². The number of ether oxygens (including phenoxy) is 2. The Morgan fingerprint density at radius 1 is 1.67 bits per heavy atom. The van der Waals surface area contributed by atoms with Crippen molar-refractivity contribution in [2.75, 3.05) is 7.11 Å². The number of esters is 2. The van der Waals surface area contributed by atoms with Crippen LogP contribution in [0.3, 0.4) is 0 Å². The van der Waals surface area contributed by atoms with Gasteiger partial charge in [0.05, 0.1) is 7.11 Å². The molecule has 0 saturated carbocycles. The van der Waals surface area contributed by atoms with Crippen LogP contribution in [0.15, 0.2) is 0 Å². The average molecular weight is 171 g/mol. The molecule has 5 nitrogen and oxygen atoms in total. The van der Waals surface area contributed by atoms with Gasteiger partial charge in [0, 0.05) is 0 Å². The van der Waals surface area contributed by atoms with Gasteiger partial charge >= 0.3 is 11.9 Å². The highest BCUT2D eigenvalue weighted by molar-refractivity contribution is 6.41. The molecule has 12 heavy (non-hydrogen) atoms. The second kappa shape index (κ2) is 2.92. The Bertz CT molecular complexity index is 248. The molecule has 2 atom stereocenters. The molecule has 1 saturated heterocycles. The predicted molar refractivity (Wildman–Crippen MR) is 38.8 cm³/mol. The van der Waals surface area contributed by atoms with Crippen molar-refractivity contribution in [1.82, 2.24) is 0 Å². The lowest BCUT2D eigenvalue weighted by Gasteiger charge is -2.08. The number of hydrogen-bond donors (Lipinski definition) is 1. The maximum absolute atomic E-state index is 11.0. The van der Waals surface area contributed by atoms with Crippen LogP contribution >= 0.6 is 0 Å². The van der Waals surface area contributed by atoms with E-state index in [1.807, 2.05) is 0 Å². The fourth-order valence-corrected chi connectivity index (χ4v) is 1.10. The van der Waals surface area contributed by atoms with Crippen LogP contribution in [0.25, 0.3) is 0 Å². The summed E-state index contributed by atoms with van der Waals surface area (Å²) in [5.74, 6) is -2.20. The van der Waals surface area contributed by atoms with Crippen molar-refractivity contribution in [1.29, 1.82) is 5.41 Å². The SMILES string of the molecule is COC(=O)C1C(=N)C(=O)O[C@@H]1C. The number of carbonyl (C=O) groups excluding carboxylic acids is 2. The van der Waals surface area contributed by atoms with Crippen molar-refractivity contribution in [3.63, 3.8) is 0 Å².